The number of aromatic hydroxyl groups is 2. The Bertz CT molecular complexity index is 1810. The van der Waals surface area contributed by atoms with Gasteiger partial charge in [-0.2, -0.15) is 0 Å². The number of nitrogens with one attached hydrogen (secondary N) is 1. The molecule has 53 heavy (non-hydrogen) atoms. The number of aromatic nitrogens is 1. The number of phenolic OH excluding ortho intramolecular Hbond substituents is 2. The number of H-pyrrole nitrogens is 1. The van der Waals surface area contributed by atoms with Crippen LogP contribution in [0.1, 0.15) is 121 Å². The Kier molecular flexibility index (Phi) is 14.1. The number of aromatic amines is 1. The van der Waals surface area contributed by atoms with Gasteiger partial charge in [-0.1, -0.05) is 74.2 Å². The molecule has 2 atom stereocenters. The molecule has 0 aliphatic heterocycles. The highest BCUT2D eigenvalue weighted by atomic mass is 16.5. The standard InChI is InChI=1S/C44H55N3O6/c1-30(48)6-2-3-20-44(21-4-5-22-44)23-17-36(49)14-7-31-9-16-40(51)42(27-31)53-25-19-32-8-15-39(50)38(26-32)37(28-41(52)35-18-24-47-29-35)33-10-12-34(13-11-33)43(45)46/h8-13,15-18,23-24,26-27,29-30,37,43,47-48,50-51H,2-7,14,19-22,25,28,45-46H2,1H3. The average Bonchev–Trinajstić information content (AvgIpc) is 3.86. The summed E-state index contributed by atoms with van der Waals surface area (Å²) in [5.41, 5.74) is 16.4. The fourth-order valence-electron chi connectivity index (χ4n) is 7.42. The molecule has 1 heterocycles. The number of aliphatic hydroxyl groups is 1. The first kappa shape index (κ1) is 39.5. The number of Topliss-reactive ketones (excluding diaryl/α,β-unsaturated/α-hetero) is 1. The number of unbranched alkanes of at least 4 members (excludes halogenated alkanes) is 1. The number of carbonyl (C=O) groups is 2. The predicted octanol–water partition coefficient (Wildman–Crippen LogP) is 7.93. The van der Waals surface area contributed by atoms with Crippen molar-refractivity contribution in [1.29, 1.82) is 0 Å². The molecule has 282 valence electrons. The van der Waals surface area contributed by atoms with Gasteiger partial charge >= 0.3 is 0 Å². The van der Waals surface area contributed by atoms with Crippen molar-refractivity contribution in [1.82, 2.24) is 4.98 Å². The molecule has 0 saturated heterocycles. The summed E-state index contributed by atoms with van der Waals surface area (Å²) in [4.78, 5) is 29.1. The highest BCUT2D eigenvalue weighted by Crippen LogP contribution is 2.44. The molecular formula is C44H55N3O6. The summed E-state index contributed by atoms with van der Waals surface area (Å²) in [6.07, 6.45) is 16.5. The third-order valence-corrected chi connectivity index (χ3v) is 10.6. The second kappa shape index (κ2) is 18.9. The quantitative estimate of drug-likeness (QED) is 0.0231. The van der Waals surface area contributed by atoms with Gasteiger partial charge in [-0.25, -0.2) is 0 Å². The summed E-state index contributed by atoms with van der Waals surface area (Å²) >= 11 is 0. The summed E-state index contributed by atoms with van der Waals surface area (Å²) < 4.78 is 6.03. The monoisotopic (exact) mass is 721 g/mol. The van der Waals surface area contributed by atoms with Crippen LogP contribution in [0.2, 0.25) is 0 Å². The van der Waals surface area contributed by atoms with Crippen LogP contribution in [0.15, 0.2) is 91.3 Å². The largest absolute Gasteiger partial charge is 0.508 e. The smallest absolute Gasteiger partial charge is 0.165 e. The zero-order chi connectivity index (χ0) is 37.8. The molecule has 0 amide bonds. The molecule has 2 unspecified atom stereocenters. The van der Waals surface area contributed by atoms with E-state index in [1.807, 2.05) is 49.4 Å². The maximum atomic E-state index is 13.3. The zero-order valence-electron chi connectivity index (χ0n) is 30.8. The molecule has 1 aliphatic carbocycles. The zero-order valence-corrected chi connectivity index (χ0v) is 30.8. The lowest BCUT2D eigenvalue weighted by Gasteiger charge is -2.25. The normalized spacial score (nSPS) is 15.2. The Morgan fingerprint density at radius 3 is 2.28 bits per heavy atom. The SMILES string of the molecule is CC(O)CCCCC1(C=CC(=O)CCc2ccc(O)c(OCCc3ccc(O)c(C(CC(=O)c4cc[nH]c4)c4ccc(C(N)N)cc4)c3)c2)CCCC1. The van der Waals surface area contributed by atoms with E-state index in [9.17, 15) is 24.9 Å². The highest BCUT2D eigenvalue weighted by molar-refractivity contribution is 5.96. The van der Waals surface area contributed by atoms with Gasteiger partial charge in [0.05, 0.1) is 18.9 Å². The van der Waals surface area contributed by atoms with Gasteiger partial charge in [-0.3, -0.25) is 9.59 Å². The predicted molar refractivity (Wildman–Crippen MR) is 208 cm³/mol. The molecule has 0 bridgehead atoms. The van der Waals surface area contributed by atoms with Crippen LogP contribution in [-0.2, 0) is 17.6 Å². The van der Waals surface area contributed by atoms with Crippen LogP contribution in [0, 0.1) is 5.41 Å². The number of allylic oxidation sites excluding steroid dienone is 2. The van der Waals surface area contributed by atoms with E-state index < -0.39 is 12.1 Å². The number of aliphatic hydroxyl groups excluding tert-OH is 1. The van der Waals surface area contributed by atoms with Crippen molar-refractivity contribution < 1.29 is 29.6 Å². The van der Waals surface area contributed by atoms with Crippen LogP contribution in [0.25, 0.3) is 0 Å². The van der Waals surface area contributed by atoms with Crippen LogP contribution in [-0.4, -0.2) is 44.6 Å². The molecule has 1 aliphatic rings. The Morgan fingerprint density at radius 1 is 0.906 bits per heavy atom. The van der Waals surface area contributed by atoms with Crippen molar-refractivity contribution in [3.63, 3.8) is 0 Å². The minimum Gasteiger partial charge on any atom is -0.508 e. The van der Waals surface area contributed by atoms with Crippen LogP contribution in [0.4, 0.5) is 0 Å². The summed E-state index contributed by atoms with van der Waals surface area (Å²) in [5, 5.41) is 31.2. The van der Waals surface area contributed by atoms with Crippen LogP contribution in [0.5, 0.6) is 17.2 Å². The van der Waals surface area contributed by atoms with Crippen molar-refractivity contribution in [2.75, 3.05) is 6.61 Å². The highest BCUT2D eigenvalue weighted by Gasteiger charge is 2.30. The number of nitrogens with two attached hydrogens (primary N) is 2. The first-order chi connectivity index (χ1) is 25.5. The van der Waals surface area contributed by atoms with Crippen LogP contribution in [0.3, 0.4) is 0 Å². The van der Waals surface area contributed by atoms with E-state index in [4.69, 9.17) is 16.2 Å². The summed E-state index contributed by atoms with van der Waals surface area (Å²) in [5.74, 6) is 0.0562. The second-order valence-corrected chi connectivity index (χ2v) is 14.7. The topological polar surface area (TPSA) is 172 Å². The Balaban J connectivity index is 1.20. The minimum absolute atomic E-state index is 0.0223. The van der Waals surface area contributed by atoms with Gasteiger partial charge < -0.3 is 36.5 Å². The number of aryl methyl sites for hydroxylation is 1. The minimum atomic E-state index is -0.622. The van der Waals surface area contributed by atoms with Crippen molar-refractivity contribution in [3.05, 3.63) is 125 Å². The van der Waals surface area contributed by atoms with Gasteiger partial charge in [0.2, 0.25) is 0 Å². The number of benzene rings is 3. The van der Waals surface area contributed by atoms with E-state index in [1.165, 1.54) is 12.8 Å². The van der Waals surface area contributed by atoms with Crippen molar-refractivity contribution in [3.8, 4) is 17.2 Å². The molecule has 1 saturated carbocycles. The van der Waals surface area contributed by atoms with Gasteiger partial charge in [0, 0.05) is 48.7 Å². The summed E-state index contributed by atoms with van der Waals surface area (Å²) in [7, 11) is 0. The summed E-state index contributed by atoms with van der Waals surface area (Å²) in [6, 6.07) is 19.8. The van der Waals surface area contributed by atoms with Gasteiger partial charge in [0.15, 0.2) is 23.1 Å². The van der Waals surface area contributed by atoms with Crippen molar-refractivity contribution in [2.24, 2.45) is 16.9 Å². The second-order valence-electron chi connectivity index (χ2n) is 14.7. The fraction of sp³-hybridized carbons (Fsp3) is 0.409. The van der Waals surface area contributed by atoms with E-state index in [1.54, 1.807) is 42.7 Å². The number of hydrogen-bond donors (Lipinski definition) is 6. The maximum absolute atomic E-state index is 13.3. The molecule has 5 rings (SSSR count). The number of ketones is 2. The molecule has 1 fully saturated rings. The third-order valence-electron chi connectivity index (χ3n) is 10.6. The Morgan fingerprint density at radius 2 is 1.60 bits per heavy atom. The van der Waals surface area contributed by atoms with E-state index in [-0.39, 0.29) is 47.6 Å². The van der Waals surface area contributed by atoms with E-state index in [2.05, 4.69) is 11.1 Å². The Hall–Kier alpha value is -4.70. The van der Waals surface area contributed by atoms with Crippen LogP contribution < -0.4 is 16.2 Å². The average molecular weight is 722 g/mol. The first-order valence-corrected chi connectivity index (χ1v) is 19.0. The molecule has 0 spiro atoms. The van der Waals surface area contributed by atoms with Gasteiger partial charge in [0.25, 0.3) is 0 Å². The molecular weight excluding hydrogens is 666 g/mol. The molecule has 3 aromatic carbocycles. The lowest BCUT2D eigenvalue weighted by molar-refractivity contribution is -0.114. The van der Waals surface area contributed by atoms with Gasteiger partial charge in [-0.15, -0.1) is 0 Å². The van der Waals surface area contributed by atoms with Gasteiger partial charge in [0.1, 0.15) is 5.75 Å². The lowest BCUT2D eigenvalue weighted by Crippen LogP contribution is -2.20. The molecule has 0 radical (unpaired) electrons. The number of phenols is 2. The first-order valence-electron chi connectivity index (χ1n) is 19.0. The van der Waals surface area contributed by atoms with Crippen LogP contribution >= 0.6 is 0 Å². The number of ether oxygens (including phenoxy) is 1. The molecule has 8 N–H and O–H groups in total. The molecule has 4 aromatic rings. The number of carbonyl (C=O) groups excluding carboxylic acids is 2. The van der Waals surface area contributed by atoms with E-state index >= 15 is 0 Å². The lowest BCUT2D eigenvalue weighted by atomic mass is 9.80. The maximum Gasteiger partial charge on any atom is 0.165 e. The summed E-state index contributed by atoms with van der Waals surface area (Å²) in [6.45, 7) is 2.09. The van der Waals surface area contributed by atoms with Crippen molar-refractivity contribution in [2.45, 2.75) is 102 Å². The van der Waals surface area contributed by atoms with Crippen molar-refractivity contribution >= 4 is 11.6 Å². The Labute approximate surface area is 313 Å². The molecule has 1 aromatic heterocycles. The fourth-order valence-corrected chi connectivity index (χ4v) is 7.42. The third kappa shape index (κ3) is 11.4. The molecule has 9 nitrogen and oxygen atoms in total. The van der Waals surface area contributed by atoms with E-state index in [0.717, 1.165) is 60.8 Å². The number of hydrogen-bond acceptors (Lipinski definition) is 8. The molecule has 9 heteroatoms. The van der Waals surface area contributed by atoms with Gasteiger partial charge in [-0.05, 0) is 97.0 Å². The number of rotatable bonds is 20. The van der Waals surface area contributed by atoms with E-state index in [0.29, 0.717) is 36.1 Å².